The average Bonchev–Trinajstić information content (AvgIpc) is 2.91. The molecule has 1 atom stereocenters. The number of para-hydroxylation sites is 1. The second-order valence-corrected chi connectivity index (χ2v) is 6.42. The van der Waals surface area contributed by atoms with Crippen LogP contribution in [0.3, 0.4) is 0 Å². The highest BCUT2D eigenvalue weighted by Crippen LogP contribution is 2.32. The van der Waals surface area contributed by atoms with E-state index in [9.17, 15) is 4.79 Å². The van der Waals surface area contributed by atoms with Crippen LogP contribution in [0, 0.1) is 5.92 Å². The molecule has 0 amide bonds. The van der Waals surface area contributed by atoms with E-state index in [0.717, 1.165) is 32.4 Å². The summed E-state index contributed by atoms with van der Waals surface area (Å²) in [5.41, 5.74) is 5.25. The number of carboxylic acids is 1. The molecule has 2 aliphatic heterocycles. The number of aliphatic carboxylic acids is 1. The fourth-order valence-electron chi connectivity index (χ4n) is 4.14. The van der Waals surface area contributed by atoms with Crippen LogP contribution in [0.4, 0.5) is 0 Å². The van der Waals surface area contributed by atoms with Gasteiger partial charge in [0.25, 0.3) is 0 Å². The van der Waals surface area contributed by atoms with Crippen molar-refractivity contribution in [1.29, 1.82) is 0 Å². The Balaban J connectivity index is 1.79. The Labute approximate surface area is 129 Å². The minimum atomic E-state index is -0.689. The second-order valence-electron chi connectivity index (χ2n) is 6.42. The lowest BCUT2D eigenvalue weighted by Crippen LogP contribution is -2.39. The fourth-order valence-corrected chi connectivity index (χ4v) is 4.14. The normalized spacial score (nSPS) is 20.8. The van der Waals surface area contributed by atoms with Crippen molar-refractivity contribution in [3.63, 3.8) is 0 Å². The summed E-state index contributed by atoms with van der Waals surface area (Å²) in [5.74, 6) is -0.317. The van der Waals surface area contributed by atoms with Gasteiger partial charge in [0.2, 0.25) is 5.71 Å². The SMILES string of the molecule is O=C(O)CCC1CCC[N+]2=C1c1[nH]c3ccccc3c1CC2. The first-order chi connectivity index (χ1) is 10.7. The maximum Gasteiger partial charge on any atom is 0.303 e. The number of rotatable bonds is 3. The summed E-state index contributed by atoms with van der Waals surface area (Å²) in [7, 11) is 0. The lowest BCUT2D eigenvalue weighted by Gasteiger charge is -2.26. The molecular formula is C18H21N2O2+. The molecule has 0 radical (unpaired) electrons. The standard InChI is InChI=1S/C18H20N2O2/c21-16(22)8-7-12-4-3-10-20-11-9-14-13-5-1-2-6-15(13)19-17(14)18(12)20/h1-2,5-6,12H,3-4,7-11H2,(H,21,22)/p+1. The number of H-pyrrole nitrogens is 1. The molecule has 114 valence electrons. The van der Waals surface area contributed by atoms with Crippen LogP contribution in [0.2, 0.25) is 0 Å². The van der Waals surface area contributed by atoms with Gasteiger partial charge in [-0.25, -0.2) is 4.58 Å². The Hall–Kier alpha value is -2.10. The summed E-state index contributed by atoms with van der Waals surface area (Å²) in [5, 5.41) is 10.3. The first kappa shape index (κ1) is 13.6. The minimum Gasteiger partial charge on any atom is -0.481 e. The number of carboxylic acid groups (broad SMARTS) is 1. The zero-order chi connectivity index (χ0) is 15.1. The molecule has 22 heavy (non-hydrogen) atoms. The summed E-state index contributed by atoms with van der Waals surface area (Å²) in [6, 6.07) is 8.48. The van der Waals surface area contributed by atoms with Gasteiger partial charge in [-0.2, -0.15) is 0 Å². The number of hydrogen-bond acceptors (Lipinski definition) is 1. The third-order valence-corrected chi connectivity index (χ3v) is 5.12. The molecule has 2 aliphatic rings. The van der Waals surface area contributed by atoms with Crippen LogP contribution < -0.4 is 0 Å². The molecule has 0 saturated carbocycles. The van der Waals surface area contributed by atoms with Crippen LogP contribution in [0.15, 0.2) is 24.3 Å². The molecule has 2 N–H and O–H groups in total. The van der Waals surface area contributed by atoms with Gasteiger partial charge in [0, 0.05) is 36.1 Å². The van der Waals surface area contributed by atoms with E-state index in [1.165, 1.54) is 34.3 Å². The van der Waals surface area contributed by atoms with E-state index in [1.807, 2.05) is 0 Å². The number of carbonyl (C=O) groups is 1. The Morgan fingerprint density at radius 1 is 1.32 bits per heavy atom. The van der Waals surface area contributed by atoms with Crippen molar-refractivity contribution in [3.05, 3.63) is 35.5 Å². The number of benzene rings is 1. The smallest absolute Gasteiger partial charge is 0.303 e. The summed E-state index contributed by atoms with van der Waals surface area (Å²) in [6.45, 7) is 2.17. The highest BCUT2D eigenvalue weighted by Gasteiger charge is 2.37. The quantitative estimate of drug-likeness (QED) is 0.856. The summed E-state index contributed by atoms with van der Waals surface area (Å²) in [6.07, 6.45) is 4.36. The Bertz CT molecular complexity index is 772. The molecule has 0 aliphatic carbocycles. The Kier molecular flexibility index (Phi) is 3.25. The largest absolute Gasteiger partial charge is 0.481 e. The molecule has 3 heterocycles. The van der Waals surface area contributed by atoms with Gasteiger partial charge in [0.15, 0.2) is 0 Å². The molecule has 1 aromatic carbocycles. The molecule has 0 saturated heterocycles. The van der Waals surface area contributed by atoms with Crippen molar-refractivity contribution in [3.8, 4) is 0 Å². The van der Waals surface area contributed by atoms with E-state index in [1.54, 1.807) is 0 Å². The van der Waals surface area contributed by atoms with Gasteiger partial charge in [-0.15, -0.1) is 0 Å². The molecular weight excluding hydrogens is 276 g/mol. The van der Waals surface area contributed by atoms with E-state index in [4.69, 9.17) is 5.11 Å². The monoisotopic (exact) mass is 297 g/mol. The van der Waals surface area contributed by atoms with Gasteiger partial charge < -0.3 is 10.1 Å². The molecule has 0 bridgehead atoms. The highest BCUT2D eigenvalue weighted by atomic mass is 16.4. The third-order valence-electron chi connectivity index (χ3n) is 5.12. The number of nitrogens with one attached hydrogen (secondary N) is 1. The average molecular weight is 297 g/mol. The number of aromatic nitrogens is 1. The van der Waals surface area contributed by atoms with Crippen LogP contribution in [0.5, 0.6) is 0 Å². The zero-order valence-corrected chi connectivity index (χ0v) is 12.6. The molecule has 0 spiro atoms. The molecule has 1 unspecified atom stereocenters. The molecule has 2 aromatic rings. The van der Waals surface area contributed by atoms with E-state index in [0.29, 0.717) is 5.92 Å². The predicted molar refractivity (Wildman–Crippen MR) is 85.7 cm³/mol. The first-order valence-electron chi connectivity index (χ1n) is 8.17. The predicted octanol–water partition coefficient (Wildman–Crippen LogP) is 2.80. The molecule has 4 heteroatoms. The first-order valence-corrected chi connectivity index (χ1v) is 8.17. The van der Waals surface area contributed by atoms with Crippen molar-refractivity contribution in [2.75, 3.05) is 13.1 Å². The van der Waals surface area contributed by atoms with Crippen LogP contribution in [-0.2, 0) is 11.2 Å². The van der Waals surface area contributed by atoms with Crippen molar-refractivity contribution in [2.45, 2.75) is 32.1 Å². The lowest BCUT2D eigenvalue weighted by atomic mass is 9.84. The molecule has 4 nitrogen and oxygen atoms in total. The third kappa shape index (κ3) is 2.14. The fraction of sp³-hybridized carbons (Fsp3) is 0.444. The summed E-state index contributed by atoms with van der Waals surface area (Å²) < 4.78 is 2.48. The van der Waals surface area contributed by atoms with Crippen molar-refractivity contribution < 1.29 is 14.5 Å². The van der Waals surface area contributed by atoms with E-state index in [2.05, 4.69) is 33.8 Å². The van der Waals surface area contributed by atoms with Gasteiger partial charge in [0.05, 0.1) is 0 Å². The van der Waals surface area contributed by atoms with E-state index < -0.39 is 5.97 Å². The van der Waals surface area contributed by atoms with Crippen LogP contribution >= 0.6 is 0 Å². The number of fused-ring (bicyclic) bond motifs is 4. The number of hydrogen-bond donors (Lipinski definition) is 2. The zero-order valence-electron chi connectivity index (χ0n) is 12.6. The van der Waals surface area contributed by atoms with Gasteiger partial charge in [-0.3, -0.25) is 4.79 Å². The molecule has 1 aromatic heterocycles. The molecule has 0 fully saturated rings. The highest BCUT2D eigenvalue weighted by molar-refractivity contribution is 6.04. The van der Waals surface area contributed by atoms with Gasteiger partial charge in [-0.05, 0) is 24.5 Å². The van der Waals surface area contributed by atoms with Crippen LogP contribution in [-0.4, -0.2) is 39.4 Å². The van der Waals surface area contributed by atoms with E-state index in [-0.39, 0.29) is 6.42 Å². The second kappa shape index (κ2) is 5.27. The number of nitrogens with zero attached hydrogens (tertiary/aromatic N) is 1. The molecule has 4 rings (SSSR count). The van der Waals surface area contributed by atoms with E-state index >= 15 is 0 Å². The topological polar surface area (TPSA) is 56.1 Å². The Morgan fingerprint density at radius 3 is 3.05 bits per heavy atom. The van der Waals surface area contributed by atoms with Crippen LogP contribution in [0.25, 0.3) is 10.9 Å². The van der Waals surface area contributed by atoms with Gasteiger partial charge in [-0.1, -0.05) is 18.2 Å². The van der Waals surface area contributed by atoms with Crippen LogP contribution in [0.1, 0.15) is 36.9 Å². The Morgan fingerprint density at radius 2 is 2.18 bits per heavy atom. The minimum absolute atomic E-state index is 0.261. The lowest BCUT2D eigenvalue weighted by molar-refractivity contribution is -0.535. The summed E-state index contributed by atoms with van der Waals surface area (Å²) >= 11 is 0. The summed E-state index contributed by atoms with van der Waals surface area (Å²) in [4.78, 5) is 14.6. The van der Waals surface area contributed by atoms with Crippen molar-refractivity contribution in [1.82, 2.24) is 4.98 Å². The number of aromatic amines is 1. The maximum atomic E-state index is 11.0. The van der Waals surface area contributed by atoms with Gasteiger partial charge in [0.1, 0.15) is 18.8 Å². The van der Waals surface area contributed by atoms with Crippen molar-refractivity contribution >= 4 is 22.6 Å². The van der Waals surface area contributed by atoms with Gasteiger partial charge >= 0.3 is 5.97 Å². The maximum absolute atomic E-state index is 11.0. The van der Waals surface area contributed by atoms with Crippen molar-refractivity contribution in [2.24, 2.45) is 5.92 Å².